The summed E-state index contributed by atoms with van der Waals surface area (Å²) in [6.45, 7) is 3.63. The van der Waals surface area contributed by atoms with Crippen molar-refractivity contribution < 1.29 is 39.8 Å². The molecule has 1 amide bonds. The molecule has 76 heavy (non-hydrogen) atoms. The molecule has 0 saturated carbocycles. The van der Waals surface area contributed by atoms with Gasteiger partial charge in [0.15, 0.2) is 6.29 Å². The van der Waals surface area contributed by atoms with E-state index in [0.29, 0.717) is 19.3 Å². The molecule has 9 heteroatoms. The fourth-order valence-electron chi connectivity index (χ4n) is 8.67. The number of hydrogen-bond donors (Lipinski definition) is 6. The summed E-state index contributed by atoms with van der Waals surface area (Å²) in [4.78, 5) is 13.1. The summed E-state index contributed by atoms with van der Waals surface area (Å²) in [5.74, 6) is -0.220. The van der Waals surface area contributed by atoms with E-state index in [0.717, 1.165) is 103 Å². The number of amides is 1. The Labute approximate surface area is 464 Å². The van der Waals surface area contributed by atoms with Crippen LogP contribution in [0, 0.1) is 0 Å². The first-order valence-electron chi connectivity index (χ1n) is 30.4. The maximum Gasteiger partial charge on any atom is 0.220 e. The molecule has 1 rings (SSSR count). The van der Waals surface area contributed by atoms with Crippen molar-refractivity contribution in [1.82, 2.24) is 5.32 Å². The van der Waals surface area contributed by atoms with Crippen molar-refractivity contribution in [1.29, 1.82) is 0 Å². The summed E-state index contributed by atoms with van der Waals surface area (Å²) < 4.78 is 11.3. The molecule has 0 aliphatic carbocycles. The third-order valence-corrected chi connectivity index (χ3v) is 13.4. The predicted molar refractivity (Wildman–Crippen MR) is 322 cm³/mol. The van der Waals surface area contributed by atoms with Crippen molar-refractivity contribution in [3.8, 4) is 0 Å². The lowest BCUT2D eigenvalue weighted by molar-refractivity contribution is -0.302. The van der Waals surface area contributed by atoms with Crippen molar-refractivity contribution >= 4 is 5.91 Å². The Bertz CT molecular complexity index is 1650. The van der Waals surface area contributed by atoms with Gasteiger partial charge in [-0.25, -0.2) is 0 Å². The minimum atomic E-state index is -1.59. The van der Waals surface area contributed by atoms with Gasteiger partial charge in [0, 0.05) is 6.42 Å². The molecule has 0 radical (unpaired) electrons. The van der Waals surface area contributed by atoms with E-state index in [1.807, 2.05) is 6.08 Å². The lowest BCUT2D eigenvalue weighted by Gasteiger charge is -2.40. The zero-order valence-corrected chi connectivity index (χ0v) is 48.0. The first-order valence-corrected chi connectivity index (χ1v) is 30.4. The van der Waals surface area contributed by atoms with Crippen LogP contribution in [0.1, 0.15) is 226 Å². The highest BCUT2D eigenvalue weighted by molar-refractivity contribution is 5.76. The summed E-state index contributed by atoms with van der Waals surface area (Å²) in [6, 6.07) is -0.854. The largest absolute Gasteiger partial charge is 0.394 e. The number of carbonyl (C=O) groups excluding carboxylic acids is 1. The van der Waals surface area contributed by atoms with Gasteiger partial charge in [-0.15, -0.1) is 0 Å². The highest BCUT2D eigenvalue weighted by Gasteiger charge is 2.44. The number of ether oxygens (including phenoxy) is 2. The highest BCUT2D eigenvalue weighted by Crippen LogP contribution is 2.23. The third kappa shape index (κ3) is 43.3. The second-order valence-electron chi connectivity index (χ2n) is 20.4. The Morgan fingerprint density at radius 2 is 0.829 bits per heavy atom. The van der Waals surface area contributed by atoms with E-state index in [1.165, 1.54) is 89.9 Å². The van der Waals surface area contributed by atoms with Crippen molar-refractivity contribution in [2.75, 3.05) is 13.2 Å². The smallest absolute Gasteiger partial charge is 0.220 e. The second kappa shape index (κ2) is 54.7. The average molecular weight is 1060 g/mol. The summed E-state index contributed by atoms with van der Waals surface area (Å²) >= 11 is 0. The summed E-state index contributed by atoms with van der Waals surface area (Å²) in [5, 5.41) is 54.5. The molecule has 1 aliphatic heterocycles. The zero-order valence-electron chi connectivity index (χ0n) is 48.0. The molecule has 0 bridgehead atoms. The van der Waals surface area contributed by atoms with Crippen molar-refractivity contribution in [3.05, 3.63) is 134 Å². The first kappa shape index (κ1) is 70.3. The van der Waals surface area contributed by atoms with Crippen molar-refractivity contribution in [3.63, 3.8) is 0 Å². The van der Waals surface area contributed by atoms with Crippen LogP contribution in [0.25, 0.3) is 0 Å². The Balaban J connectivity index is 2.30. The molecule has 0 aromatic heterocycles. The molecule has 0 spiro atoms. The maximum absolute atomic E-state index is 13.1. The number of allylic oxidation sites excluding steroid dienone is 21. The van der Waals surface area contributed by atoms with Crippen LogP contribution in [0.2, 0.25) is 0 Å². The molecule has 1 aliphatic rings. The van der Waals surface area contributed by atoms with Crippen molar-refractivity contribution in [2.24, 2.45) is 0 Å². The number of hydrogen-bond acceptors (Lipinski definition) is 8. The SMILES string of the molecule is CC/C=C\C/C=C\C/C=C\C/C=C\C/C=C\C/C=C\C/C=C\C/C=C\CCCCCCC(=O)NC(COC1OC(CO)C(O)C(O)C1O)C(O)/C=C/CC/C=C/CC/C=C/CCCCCCCCCCCCCCCC. The van der Waals surface area contributed by atoms with E-state index < -0.39 is 49.5 Å². The number of carbonyl (C=O) groups is 1. The molecule has 1 heterocycles. The molecule has 1 fully saturated rings. The van der Waals surface area contributed by atoms with E-state index in [4.69, 9.17) is 9.47 Å². The quantitative estimate of drug-likeness (QED) is 0.0261. The minimum Gasteiger partial charge on any atom is -0.394 e. The van der Waals surface area contributed by atoms with Crippen LogP contribution in [0.5, 0.6) is 0 Å². The number of aliphatic hydroxyl groups is 5. The van der Waals surface area contributed by atoms with E-state index in [2.05, 4.69) is 141 Å². The molecule has 0 aromatic rings. The molecule has 7 unspecified atom stereocenters. The molecule has 1 saturated heterocycles. The molecule has 7 atom stereocenters. The first-order chi connectivity index (χ1) is 37.3. The molecular formula is C67H111NO8. The zero-order chi connectivity index (χ0) is 55.0. The van der Waals surface area contributed by atoms with Gasteiger partial charge in [-0.1, -0.05) is 244 Å². The normalized spacial score (nSPS) is 19.8. The summed E-state index contributed by atoms with van der Waals surface area (Å²) in [5.41, 5.74) is 0. The van der Waals surface area contributed by atoms with Crippen LogP contribution < -0.4 is 5.32 Å². The Kier molecular flexibility index (Phi) is 50.6. The Morgan fingerprint density at radius 3 is 1.26 bits per heavy atom. The number of unbranched alkanes of at least 4 members (excludes halogenated alkanes) is 20. The van der Waals surface area contributed by atoms with Crippen LogP contribution in [0.15, 0.2) is 134 Å². The molecule has 0 aromatic carbocycles. The summed E-state index contributed by atoms with van der Waals surface area (Å²) in [7, 11) is 0. The van der Waals surface area contributed by atoms with E-state index in [9.17, 15) is 30.3 Å². The minimum absolute atomic E-state index is 0.220. The van der Waals surface area contributed by atoms with E-state index in [-0.39, 0.29) is 12.5 Å². The van der Waals surface area contributed by atoms with Gasteiger partial charge in [0.25, 0.3) is 0 Å². The van der Waals surface area contributed by atoms with Crippen LogP contribution >= 0.6 is 0 Å². The van der Waals surface area contributed by atoms with Gasteiger partial charge in [-0.05, 0) is 109 Å². The van der Waals surface area contributed by atoms with Crippen molar-refractivity contribution in [2.45, 2.75) is 269 Å². The highest BCUT2D eigenvalue weighted by atomic mass is 16.7. The van der Waals surface area contributed by atoms with Gasteiger partial charge < -0.3 is 40.3 Å². The fraction of sp³-hybridized carbons (Fsp3) is 0.657. The number of nitrogens with one attached hydrogen (secondary N) is 1. The molecular weight excluding hydrogens is 947 g/mol. The van der Waals surface area contributed by atoms with Gasteiger partial charge in [0.2, 0.25) is 5.91 Å². The topological polar surface area (TPSA) is 149 Å². The number of aliphatic hydroxyl groups excluding tert-OH is 5. The number of rotatable bonds is 50. The Morgan fingerprint density at radius 1 is 0.461 bits per heavy atom. The fourth-order valence-corrected chi connectivity index (χ4v) is 8.67. The Hall–Kier alpha value is -3.67. The van der Waals surface area contributed by atoms with Gasteiger partial charge >= 0.3 is 0 Å². The van der Waals surface area contributed by atoms with Gasteiger partial charge in [-0.2, -0.15) is 0 Å². The molecule has 432 valence electrons. The predicted octanol–water partition coefficient (Wildman–Crippen LogP) is 15.7. The van der Waals surface area contributed by atoms with Crippen LogP contribution in [0.3, 0.4) is 0 Å². The van der Waals surface area contributed by atoms with Gasteiger partial charge in [0.1, 0.15) is 24.4 Å². The van der Waals surface area contributed by atoms with Gasteiger partial charge in [-0.3, -0.25) is 4.79 Å². The van der Waals surface area contributed by atoms with Crippen LogP contribution in [-0.2, 0) is 14.3 Å². The third-order valence-electron chi connectivity index (χ3n) is 13.4. The van der Waals surface area contributed by atoms with Crippen LogP contribution in [0.4, 0.5) is 0 Å². The van der Waals surface area contributed by atoms with Crippen LogP contribution in [-0.4, -0.2) is 87.5 Å². The standard InChI is InChI=1S/C67H111NO8/c1-3-5-7-9-11-13-15-17-19-21-23-25-27-29-30-31-32-33-35-37-39-41-43-45-47-49-51-53-55-57-63(71)68-60(59-75-67-66(74)65(73)64(72)62(58-69)76-67)61(70)56-54-52-50-48-46-44-42-40-38-36-34-28-26-24-22-20-18-16-14-12-10-8-6-4-2/h5,7,11,13,17,19,23,25,29-30,32-33,37-40,43,45-46,48,54,56,60-62,64-67,69-70,72-74H,3-4,6,8-10,12,14-16,18,20-22,24,26-28,31,34-36,41-42,44,47,49-53,55,57-59H2,1-2H3,(H,68,71)/b7-5-,13-11-,19-17-,25-23-,30-29-,33-32-,39-37-,40-38+,45-43-,48-46+,56-54+. The van der Waals surface area contributed by atoms with E-state index >= 15 is 0 Å². The lowest BCUT2D eigenvalue weighted by atomic mass is 9.99. The molecule has 9 nitrogen and oxygen atoms in total. The van der Waals surface area contributed by atoms with E-state index in [1.54, 1.807) is 6.08 Å². The maximum atomic E-state index is 13.1. The average Bonchev–Trinajstić information content (AvgIpc) is 3.42. The molecule has 6 N–H and O–H groups in total. The summed E-state index contributed by atoms with van der Waals surface area (Å²) in [6.07, 6.45) is 76.6. The lowest BCUT2D eigenvalue weighted by Crippen LogP contribution is -2.60. The van der Waals surface area contributed by atoms with Gasteiger partial charge in [0.05, 0.1) is 25.4 Å². The monoisotopic (exact) mass is 1060 g/mol. The second-order valence-corrected chi connectivity index (χ2v) is 20.4.